The predicted molar refractivity (Wildman–Crippen MR) is 72.1 cm³/mol. The van der Waals surface area contributed by atoms with Gasteiger partial charge in [0.05, 0.1) is 17.4 Å². The third-order valence-corrected chi connectivity index (χ3v) is 2.50. The van der Waals surface area contributed by atoms with Crippen LogP contribution >= 0.6 is 0 Å². The second-order valence-electron chi connectivity index (χ2n) is 4.73. The number of carboxylic acid groups (broad SMARTS) is 1. The van der Waals surface area contributed by atoms with Gasteiger partial charge in [-0.2, -0.15) is 0 Å². The van der Waals surface area contributed by atoms with Crippen LogP contribution in [0, 0.1) is 5.92 Å². The van der Waals surface area contributed by atoms with Crippen LogP contribution in [0.2, 0.25) is 0 Å². The van der Waals surface area contributed by atoms with E-state index in [1.165, 1.54) is 18.5 Å². The summed E-state index contributed by atoms with van der Waals surface area (Å²) in [5.41, 5.74) is 0.431. The van der Waals surface area contributed by atoms with Crippen LogP contribution in [0.5, 0.6) is 0 Å². The summed E-state index contributed by atoms with van der Waals surface area (Å²) in [4.78, 5) is 26.7. The molecule has 6 heteroatoms. The first-order valence-corrected chi connectivity index (χ1v) is 6.13. The monoisotopic (exact) mass is 265 g/mol. The Morgan fingerprint density at radius 1 is 1.37 bits per heavy atom. The molecule has 0 spiro atoms. The van der Waals surface area contributed by atoms with E-state index >= 15 is 0 Å². The van der Waals surface area contributed by atoms with Crippen molar-refractivity contribution in [2.45, 2.75) is 26.8 Å². The first kappa shape index (κ1) is 14.9. The van der Waals surface area contributed by atoms with E-state index in [9.17, 15) is 9.59 Å². The Bertz CT molecular complexity index is 460. The molecule has 1 heterocycles. The number of carboxylic acids is 1. The maximum Gasteiger partial charge on any atom is 0.337 e. The van der Waals surface area contributed by atoms with E-state index in [1.54, 1.807) is 6.92 Å². The lowest BCUT2D eigenvalue weighted by Crippen LogP contribution is -2.39. The molecule has 0 bridgehead atoms. The van der Waals surface area contributed by atoms with Crippen LogP contribution in [0.4, 0.5) is 5.69 Å². The second kappa shape index (κ2) is 6.72. The number of carbonyl (C=O) groups excluding carboxylic acids is 1. The minimum atomic E-state index is -1.06. The molecule has 1 aromatic heterocycles. The van der Waals surface area contributed by atoms with E-state index in [0.29, 0.717) is 18.2 Å². The molecule has 1 aromatic rings. The Balaban J connectivity index is 2.69. The lowest BCUT2D eigenvalue weighted by atomic mass is 10.2. The molecular weight excluding hydrogens is 246 g/mol. The lowest BCUT2D eigenvalue weighted by molar-refractivity contribution is -0.121. The van der Waals surface area contributed by atoms with Crippen LogP contribution in [0.1, 0.15) is 31.1 Å². The zero-order valence-electron chi connectivity index (χ0n) is 11.3. The Morgan fingerprint density at radius 3 is 2.63 bits per heavy atom. The summed E-state index contributed by atoms with van der Waals surface area (Å²) in [6.45, 7) is 6.27. The fraction of sp³-hybridized carbons (Fsp3) is 0.462. The maximum absolute atomic E-state index is 11.8. The summed E-state index contributed by atoms with van der Waals surface area (Å²) in [5, 5.41) is 14.7. The zero-order chi connectivity index (χ0) is 14.4. The standard InChI is InChI=1S/C13H19N3O3/c1-8(2)6-15-12(17)9(3)16-11-7-14-5-4-10(11)13(18)19/h4-5,7-9,16H,6H2,1-3H3,(H,15,17)(H,18,19). The fourth-order valence-electron chi connectivity index (χ4n) is 1.45. The molecule has 0 aliphatic carbocycles. The van der Waals surface area contributed by atoms with Crippen LogP contribution in [-0.4, -0.2) is 34.6 Å². The summed E-state index contributed by atoms with van der Waals surface area (Å²) >= 11 is 0. The molecule has 0 fully saturated rings. The van der Waals surface area contributed by atoms with Crippen molar-refractivity contribution in [3.05, 3.63) is 24.0 Å². The second-order valence-corrected chi connectivity index (χ2v) is 4.73. The maximum atomic E-state index is 11.8. The van der Waals surface area contributed by atoms with E-state index in [4.69, 9.17) is 5.11 Å². The van der Waals surface area contributed by atoms with Gasteiger partial charge in [0, 0.05) is 12.7 Å². The molecule has 1 atom stereocenters. The van der Waals surface area contributed by atoms with Gasteiger partial charge in [-0.15, -0.1) is 0 Å². The van der Waals surface area contributed by atoms with Gasteiger partial charge in [0.2, 0.25) is 5.91 Å². The number of hydrogen-bond donors (Lipinski definition) is 3. The summed E-state index contributed by atoms with van der Waals surface area (Å²) < 4.78 is 0. The molecule has 0 saturated carbocycles. The number of aromatic carboxylic acids is 1. The summed E-state index contributed by atoms with van der Waals surface area (Å²) in [7, 11) is 0. The smallest absolute Gasteiger partial charge is 0.337 e. The zero-order valence-corrected chi connectivity index (χ0v) is 11.3. The number of nitrogens with one attached hydrogen (secondary N) is 2. The van der Waals surface area contributed by atoms with Gasteiger partial charge in [-0.3, -0.25) is 9.78 Å². The van der Waals surface area contributed by atoms with Crippen molar-refractivity contribution in [1.29, 1.82) is 0 Å². The molecule has 1 amide bonds. The Morgan fingerprint density at radius 2 is 2.05 bits per heavy atom. The number of rotatable bonds is 6. The molecule has 0 saturated heterocycles. The molecule has 6 nitrogen and oxygen atoms in total. The summed E-state index contributed by atoms with van der Waals surface area (Å²) in [6.07, 6.45) is 2.80. The van der Waals surface area contributed by atoms with Crippen molar-refractivity contribution in [3.63, 3.8) is 0 Å². The van der Waals surface area contributed by atoms with Crippen molar-refractivity contribution in [2.75, 3.05) is 11.9 Å². The van der Waals surface area contributed by atoms with E-state index < -0.39 is 12.0 Å². The van der Waals surface area contributed by atoms with E-state index in [-0.39, 0.29) is 11.5 Å². The van der Waals surface area contributed by atoms with Crippen LogP contribution in [0.25, 0.3) is 0 Å². The van der Waals surface area contributed by atoms with Gasteiger partial charge in [-0.05, 0) is 18.9 Å². The Hall–Kier alpha value is -2.11. The predicted octanol–water partition coefficient (Wildman–Crippen LogP) is 1.35. The number of nitrogens with zero attached hydrogens (tertiary/aromatic N) is 1. The van der Waals surface area contributed by atoms with E-state index in [0.717, 1.165) is 0 Å². The van der Waals surface area contributed by atoms with Gasteiger partial charge in [0.25, 0.3) is 0 Å². The molecule has 0 aliphatic rings. The number of carbonyl (C=O) groups is 2. The molecule has 3 N–H and O–H groups in total. The SMILES string of the molecule is CC(C)CNC(=O)C(C)Nc1cnccc1C(=O)O. The largest absolute Gasteiger partial charge is 0.478 e. The van der Waals surface area contributed by atoms with Crippen molar-refractivity contribution >= 4 is 17.6 Å². The minimum Gasteiger partial charge on any atom is -0.478 e. The Labute approximate surface area is 112 Å². The van der Waals surface area contributed by atoms with E-state index in [2.05, 4.69) is 15.6 Å². The van der Waals surface area contributed by atoms with Crippen molar-refractivity contribution in [2.24, 2.45) is 5.92 Å². The molecule has 0 aliphatic heterocycles. The van der Waals surface area contributed by atoms with Gasteiger partial charge in [0.15, 0.2) is 0 Å². The highest BCUT2D eigenvalue weighted by Gasteiger charge is 2.16. The summed E-state index contributed by atoms with van der Waals surface area (Å²) in [5.74, 6) is -0.863. The van der Waals surface area contributed by atoms with Crippen molar-refractivity contribution < 1.29 is 14.7 Å². The first-order valence-electron chi connectivity index (χ1n) is 6.13. The minimum absolute atomic E-state index is 0.0958. The van der Waals surface area contributed by atoms with Gasteiger partial charge >= 0.3 is 5.97 Å². The van der Waals surface area contributed by atoms with Crippen LogP contribution in [-0.2, 0) is 4.79 Å². The van der Waals surface area contributed by atoms with Gasteiger partial charge in [0.1, 0.15) is 6.04 Å². The van der Waals surface area contributed by atoms with Crippen LogP contribution < -0.4 is 10.6 Å². The highest BCUT2D eigenvalue weighted by molar-refractivity contribution is 5.95. The van der Waals surface area contributed by atoms with E-state index in [1.807, 2.05) is 13.8 Å². The lowest BCUT2D eigenvalue weighted by Gasteiger charge is -2.17. The average molecular weight is 265 g/mol. The van der Waals surface area contributed by atoms with Crippen molar-refractivity contribution in [3.8, 4) is 0 Å². The quantitative estimate of drug-likeness (QED) is 0.722. The molecule has 1 unspecified atom stereocenters. The molecule has 0 aromatic carbocycles. The van der Waals surface area contributed by atoms with Gasteiger partial charge in [-0.1, -0.05) is 13.8 Å². The number of hydrogen-bond acceptors (Lipinski definition) is 4. The molecule has 0 radical (unpaired) electrons. The van der Waals surface area contributed by atoms with Crippen LogP contribution in [0.15, 0.2) is 18.5 Å². The average Bonchev–Trinajstić information content (AvgIpc) is 2.36. The van der Waals surface area contributed by atoms with Crippen LogP contribution in [0.3, 0.4) is 0 Å². The van der Waals surface area contributed by atoms with Gasteiger partial charge in [-0.25, -0.2) is 4.79 Å². The number of aromatic nitrogens is 1. The molecule has 1 rings (SSSR count). The number of pyridine rings is 1. The third kappa shape index (κ3) is 4.57. The molecule has 19 heavy (non-hydrogen) atoms. The molecular formula is C13H19N3O3. The number of amides is 1. The fourth-order valence-corrected chi connectivity index (χ4v) is 1.45. The highest BCUT2D eigenvalue weighted by atomic mass is 16.4. The topological polar surface area (TPSA) is 91.3 Å². The molecule has 104 valence electrons. The first-order chi connectivity index (χ1) is 8.91. The third-order valence-electron chi connectivity index (χ3n) is 2.50. The number of anilines is 1. The van der Waals surface area contributed by atoms with Gasteiger partial charge < -0.3 is 15.7 Å². The normalized spacial score (nSPS) is 12.0. The summed E-state index contributed by atoms with van der Waals surface area (Å²) in [6, 6.07) is 0.865. The van der Waals surface area contributed by atoms with Crippen molar-refractivity contribution in [1.82, 2.24) is 10.3 Å². The Kier molecular flexibility index (Phi) is 5.29. The highest BCUT2D eigenvalue weighted by Crippen LogP contribution is 2.14.